The van der Waals surface area contributed by atoms with E-state index in [2.05, 4.69) is 11.9 Å². The molecule has 132 valence electrons. The average molecular weight is 350 g/mol. The van der Waals surface area contributed by atoms with E-state index < -0.39 is 0 Å². The predicted octanol–water partition coefficient (Wildman–Crippen LogP) is 2.96. The summed E-state index contributed by atoms with van der Waals surface area (Å²) in [5.74, 6) is 0.322. The van der Waals surface area contributed by atoms with Crippen LogP contribution in [0.5, 0.6) is 0 Å². The molecule has 2 saturated heterocycles. The Bertz CT molecular complexity index is 615. The monoisotopic (exact) mass is 349 g/mol. The largest absolute Gasteiger partial charge is 0.342 e. The number of aromatic nitrogens is 1. The highest BCUT2D eigenvalue weighted by atomic mass is 32.1. The van der Waals surface area contributed by atoms with Crippen LogP contribution in [-0.2, 0) is 11.2 Å². The highest BCUT2D eigenvalue weighted by Gasteiger charge is 2.42. The Morgan fingerprint density at radius 2 is 2.17 bits per heavy atom. The Labute approximate surface area is 148 Å². The molecular formula is C18H27N3O2S. The molecule has 0 N–H and O–H groups in total. The highest BCUT2D eigenvalue weighted by Crippen LogP contribution is 2.39. The zero-order valence-corrected chi connectivity index (χ0v) is 15.5. The Hall–Kier alpha value is -1.43. The van der Waals surface area contributed by atoms with Crippen LogP contribution < -0.4 is 0 Å². The maximum atomic E-state index is 12.8. The minimum Gasteiger partial charge on any atom is -0.342 e. The third-order valence-corrected chi connectivity index (χ3v) is 6.22. The number of hydrogen-bond donors (Lipinski definition) is 0. The fraction of sp³-hybridized carbons (Fsp3) is 0.722. The van der Waals surface area contributed by atoms with Crippen molar-refractivity contribution in [2.24, 2.45) is 5.41 Å². The van der Waals surface area contributed by atoms with Gasteiger partial charge in [0.15, 0.2) is 0 Å². The molecule has 2 amide bonds. The van der Waals surface area contributed by atoms with Crippen molar-refractivity contribution in [2.75, 3.05) is 26.2 Å². The van der Waals surface area contributed by atoms with Gasteiger partial charge in [0.2, 0.25) is 5.91 Å². The first kappa shape index (κ1) is 17.4. The second-order valence-corrected chi connectivity index (χ2v) is 8.06. The number of likely N-dealkylation sites (tertiary alicyclic amines) is 2. The van der Waals surface area contributed by atoms with Crippen molar-refractivity contribution in [3.05, 3.63) is 16.1 Å². The summed E-state index contributed by atoms with van der Waals surface area (Å²) in [7, 11) is 0. The number of nitrogens with zero attached hydrogens (tertiary/aromatic N) is 3. The highest BCUT2D eigenvalue weighted by molar-refractivity contribution is 7.09. The van der Waals surface area contributed by atoms with Crippen molar-refractivity contribution in [3.63, 3.8) is 0 Å². The molecule has 0 aliphatic carbocycles. The number of amides is 2. The molecule has 3 rings (SSSR count). The number of carbonyl (C=O) groups is 2. The van der Waals surface area contributed by atoms with Crippen molar-refractivity contribution < 1.29 is 9.59 Å². The lowest BCUT2D eigenvalue weighted by molar-refractivity contribution is -0.138. The molecule has 0 radical (unpaired) electrons. The summed E-state index contributed by atoms with van der Waals surface area (Å²) in [6.45, 7) is 7.29. The van der Waals surface area contributed by atoms with E-state index in [1.165, 1.54) is 0 Å². The third-order valence-electron chi connectivity index (χ3n) is 5.31. The van der Waals surface area contributed by atoms with E-state index >= 15 is 0 Å². The van der Waals surface area contributed by atoms with Crippen molar-refractivity contribution >= 4 is 23.2 Å². The normalized spacial score (nSPS) is 24.7. The lowest BCUT2D eigenvalue weighted by atomic mass is 9.73. The van der Waals surface area contributed by atoms with E-state index in [1.807, 2.05) is 22.1 Å². The summed E-state index contributed by atoms with van der Waals surface area (Å²) < 4.78 is 0. The lowest BCUT2D eigenvalue weighted by Crippen LogP contribution is -2.55. The summed E-state index contributed by atoms with van der Waals surface area (Å²) in [5, 5.41) is 2.95. The first-order valence-corrected chi connectivity index (χ1v) is 9.96. The summed E-state index contributed by atoms with van der Waals surface area (Å²) in [6.07, 6.45) is 5.64. The molecule has 2 aliphatic heterocycles. The number of aryl methyl sites for hydroxylation is 1. The molecule has 3 heterocycles. The van der Waals surface area contributed by atoms with E-state index in [4.69, 9.17) is 0 Å². The topological polar surface area (TPSA) is 53.5 Å². The zero-order chi connectivity index (χ0) is 17.2. The molecular weight excluding hydrogens is 322 g/mol. The second kappa shape index (κ2) is 7.21. The van der Waals surface area contributed by atoms with Crippen LogP contribution in [0.15, 0.2) is 5.38 Å². The van der Waals surface area contributed by atoms with Crippen molar-refractivity contribution in [1.29, 1.82) is 0 Å². The van der Waals surface area contributed by atoms with E-state index in [1.54, 1.807) is 11.3 Å². The van der Waals surface area contributed by atoms with Gasteiger partial charge in [0.25, 0.3) is 5.91 Å². The van der Waals surface area contributed by atoms with E-state index in [-0.39, 0.29) is 17.2 Å². The van der Waals surface area contributed by atoms with Gasteiger partial charge in [-0.05, 0) is 39.0 Å². The second-order valence-electron chi connectivity index (χ2n) is 7.11. The van der Waals surface area contributed by atoms with Gasteiger partial charge >= 0.3 is 0 Å². The van der Waals surface area contributed by atoms with Crippen LogP contribution in [-0.4, -0.2) is 52.8 Å². The molecule has 0 bridgehead atoms. The van der Waals surface area contributed by atoms with E-state index in [0.717, 1.165) is 63.3 Å². The number of piperidine rings is 2. The molecule has 2 aliphatic rings. The van der Waals surface area contributed by atoms with E-state index in [0.29, 0.717) is 12.1 Å². The van der Waals surface area contributed by atoms with Crippen LogP contribution in [0, 0.1) is 5.41 Å². The molecule has 24 heavy (non-hydrogen) atoms. The number of rotatable bonds is 4. The minimum absolute atomic E-state index is 0.0626. The van der Waals surface area contributed by atoms with Crippen LogP contribution in [0.3, 0.4) is 0 Å². The van der Waals surface area contributed by atoms with Crippen LogP contribution in [0.2, 0.25) is 0 Å². The van der Waals surface area contributed by atoms with E-state index in [9.17, 15) is 9.59 Å². The van der Waals surface area contributed by atoms with Gasteiger partial charge in [-0.25, -0.2) is 4.98 Å². The van der Waals surface area contributed by atoms with Crippen LogP contribution in [0.4, 0.5) is 0 Å². The van der Waals surface area contributed by atoms with Crippen molar-refractivity contribution in [1.82, 2.24) is 14.8 Å². The molecule has 0 unspecified atom stereocenters. The van der Waals surface area contributed by atoms with Gasteiger partial charge in [-0.3, -0.25) is 9.59 Å². The Balaban J connectivity index is 1.70. The first-order valence-electron chi connectivity index (χ1n) is 9.08. The standard InChI is InChI=1S/C18H27N3O2S/c1-3-6-15-19-14(11-24-15)17(23)21-10-5-8-18(13-21)9-7-16(22)20(4-2)12-18/h11H,3-10,12-13H2,1-2H3/t18-/m1/s1. The molecule has 0 saturated carbocycles. The quantitative estimate of drug-likeness (QED) is 0.840. The van der Waals surface area contributed by atoms with Gasteiger partial charge in [-0.15, -0.1) is 11.3 Å². The Morgan fingerprint density at radius 3 is 2.92 bits per heavy atom. The smallest absolute Gasteiger partial charge is 0.273 e. The first-order chi connectivity index (χ1) is 11.6. The van der Waals surface area contributed by atoms with Gasteiger partial charge in [-0.2, -0.15) is 0 Å². The average Bonchev–Trinajstić information content (AvgIpc) is 3.06. The summed E-state index contributed by atoms with van der Waals surface area (Å²) in [4.78, 5) is 33.3. The van der Waals surface area contributed by atoms with Gasteiger partial charge in [0, 0.05) is 43.4 Å². The fourth-order valence-electron chi connectivity index (χ4n) is 4.00. The lowest BCUT2D eigenvalue weighted by Gasteiger charge is -2.48. The SMILES string of the molecule is CCCc1nc(C(=O)N2CCC[C@]3(CCC(=O)N(CC)C3)C2)cs1. The summed E-state index contributed by atoms with van der Waals surface area (Å²) in [6, 6.07) is 0. The summed E-state index contributed by atoms with van der Waals surface area (Å²) >= 11 is 1.59. The molecule has 1 spiro atoms. The van der Waals surface area contributed by atoms with Gasteiger partial charge in [-0.1, -0.05) is 6.92 Å². The van der Waals surface area contributed by atoms with Crippen molar-refractivity contribution in [3.8, 4) is 0 Å². The minimum atomic E-state index is 0.0626. The van der Waals surface area contributed by atoms with Crippen molar-refractivity contribution in [2.45, 2.75) is 52.4 Å². The maximum Gasteiger partial charge on any atom is 0.273 e. The molecule has 1 atom stereocenters. The molecule has 5 nitrogen and oxygen atoms in total. The van der Waals surface area contributed by atoms with Gasteiger partial charge < -0.3 is 9.80 Å². The Morgan fingerprint density at radius 1 is 1.33 bits per heavy atom. The van der Waals surface area contributed by atoms with Gasteiger partial charge in [0.1, 0.15) is 5.69 Å². The van der Waals surface area contributed by atoms with Gasteiger partial charge in [0.05, 0.1) is 5.01 Å². The fourth-order valence-corrected chi connectivity index (χ4v) is 4.88. The van der Waals surface area contributed by atoms with Crippen LogP contribution >= 0.6 is 11.3 Å². The maximum absolute atomic E-state index is 12.8. The molecule has 1 aromatic heterocycles. The predicted molar refractivity (Wildman–Crippen MR) is 95.2 cm³/mol. The van der Waals surface area contributed by atoms with Crippen LogP contribution in [0.25, 0.3) is 0 Å². The summed E-state index contributed by atoms with van der Waals surface area (Å²) in [5.41, 5.74) is 0.680. The third kappa shape index (κ3) is 3.48. The number of hydrogen-bond acceptors (Lipinski definition) is 4. The number of thiazole rings is 1. The molecule has 6 heteroatoms. The zero-order valence-electron chi connectivity index (χ0n) is 14.7. The Kier molecular flexibility index (Phi) is 5.23. The molecule has 1 aromatic rings. The number of carbonyl (C=O) groups excluding carboxylic acids is 2. The molecule has 0 aromatic carbocycles. The molecule has 2 fully saturated rings. The van der Waals surface area contributed by atoms with Crippen LogP contribution in [0.1, 0.15) is 61.4 Å².